The number of quaternary nitrogens is 1. The summed E-state index contributed by atoms with van der Waals surface area (Å²) >= 11 is 0. The second-order valence-electron chi connectivity index (χ2n) is 16.1. The Morgan fingerprint density at radius 3 is 1.62 bits per heavy atom. The van der Waals surface area contributed by atoms with Gasteiger partial charge in [-0.25, -0.2) is 0 Å². The standard InChI is InChI=1S/C44H85N2O6P/c1-6-8-10-12-14-16-18-20-21-22-23-24-25-26-28-30-32-34-36-38-44(48)45-42(41-52-53(49,50)51-40-39-46(3,4)5)43(47)37-35-33-31-29-27-19-17-15-13-11-9-7-2/h14,16,20-21,23-24,42-43,47H,6-13,15,17-19,22,25-41H2,1-5H3,(H-,45,48,49,50)/b16-14-,21-20-,24-23-. The molecule has 0 aromatic heterocycles. The first kappa shape index (κ1) is 51.7. The first-order chi connectivity index (χ1) is 25.5. The molecule has 0 bridgehead atoms. The summed E-state index contributed by atoms with van der Waals surface area (Å²) in [6.45, 7) is 4.66. The lowest BCUT2D eigenvalue weighted by atomic mass is 10.0. The minimum atomic E-state index is -4.56. The van der Waals surface area contributed by atoms with E-state index in [2.05, 4.69) is 55.6 Å². The second-order valence-corrected chi connectivity index (χ2v) is 17.5. The number of hydrogen-bond acceptors (Lipinski definition) is 6. The minimum absolute atomic E-state index is 0.00852. The highest BCUT2D eigenvalue weighted by Crippen LogP contribution is 2.38. The molecule has 9 heteroatoms. The van der Waals surface area contributed by atoms with Crippen LogP contribution in [-0.2, 0) is 18.4 Å². The lowest BCUT2D eigenvalue weighted by Crippen LogP contribution is -2.46. The van der Waals surface area contributed by atoms with E-state index in [9.17, 15) is 19.4 Å². The summed E-state index contributed by atoms with van der Waals surface area (Å²) in [4.78, 5) is 25.3. The third kappa shape index (κ3) is 38.8. The van der Waals surface area contributed by atoms with Crippen molar-refractivity contribution in [3.8, 4) is 0 Å². The number of phosphoric ester groups is 1. The van der Waals surface area contributed by atoms with Gasteiger partial charge < -0.3 is 28.8 Å². The van der Waals surface area contributed by atoms with Gasteiger partial charge in [-0.2, -0.15) is 0 Å². The van der Waals surface area contributed by atoms with Gasteiger partial charge in [0.25, 0.3) is 7.82 Å². The molecular weight excluding hydrogens is 683 g/mol. The maximum Gasteiger partial charge on any atom is 0.268 e. The van der Waals surface area contributed by atoms with E-state index in [0.717, 1.165) is 64.2 Å². The number of nitrogens with zero attached hydrogens (tertiary/aromatic N) is 1. The van der Waals surface area contributed by atoms with Crippen LogP contribution in [-0.4, -0.2) is 68.5 Å². The first-order valence-corrected chi connectivity index (χ1v) is 23.3. The van der Waals surface area contributed by atoms with Crippen molar-refractivity contribution in [1.82, 2.24) is 5.32 Å². The van der Waals surface area contributed by atoms with Gasteiger partial charge in [0, 0.05) is 6.42 Å². The Bertz CT molecular complexity index is 964. The van der Waals surface area contributed by atoms with Gasteiger partial charge in [0.2, 0.25) is 5.91 Å². The molecule has 0 fully saturated rings. The maximum absolute atomic E-state index is 12.8. The van der Waals surface area contributed by atoms with Crippen LogP contribution >= 0.6 is 7.82 Å². The predicted octanol–water partition coefficient (Wildman–Crippen LogP) is 11.3. The van der Waals surface area contributed by atoms with Crippen LogP contribution in [0.25, 0.3) is 0 Å². The molecule has 1 amide bonds. The molecule has 0 saturated heterocycles. The number of amides is 1. The fourth-order valence-electron chi connectivity index (χ4n) is 6.10. The van der Waals surface area contributed by atoms with Crippen LogP contribution in [0.5, 0.6) is 0 Å². The normalized spacial score (nSPS) is 14.8. The van der Waals surface area contributed by atoms with Crippen molar-refractivity contribution >= 4 is 13.7 Å². The van der Waals surface area contributed by atoms with E-state index in [1.165, 1.54) is 96.3 Å². The van der Waals surface area contributed by atoms with E-state index in [0.29, 0.717) is 23.9 Å². The molecular formula is C44H85N2O6P. The number of allylic oxidation sites excluding steroid dienone is 6. The molecule has 0 aliphatic carbocycles. The van der Waals surface area contributed by atoms with Crippen molar-refractivity contribution in [3.63, 3.8) is 0 Å². The van der Waals surface area contributed by atoms with E-state index >= 15 is 0 Å². The molecule has 0 spiro atoms. The summed E-state index contributed by atoms with van der Waals surface area (Å²) in [7, 11) is 1.29. The monoisotopic (exact) mass is 769 g/mol. The SMILES string of the molecule is CCCCC/C=C\C/C=C\C/C=C\CCCCCCCCC(=O)NC(COP(=O)([O-])OCC[N+](C)(C)C)C(O)CCCCCCCCCCCCCC. The number of hydrogen-bond donors (Lipinski definition) is 2. The molecule has 0 aromatic carbocycles. The lowest BCUT2D eigenvalue weighted by Gasteiger charge is -2.30. The highest BCUT2D eigenvalue weighted by molar-refractivity contribution is 7.45. The van der Waals surface area contributed by atoms with Crippen molar-refractivity contribution in [2.45, 2.75) is 199 Å². The lowest BCUT2D eigenvalue weighted by molar-refractivity contribution is -0.870. The summed E-state index contributed by atoms with van der Waals surface area (Å²) in [6.07, 6.45) is 42.8. The van der Waals surface area contributed by atoms with E-state index < -0.39 is 20.0 Å². The van der Waals surface area contributed by atoms with Gasteiger partial charge in [-0.3, -0.25) is 9.36 Å². The summed E-state index contributed by atoms with van der Waals surface area (Å²) in [5.74, 6) is -0.179. The largest absolute Gasteiger partial charge is 0.756 e. The Hall–Kier alpha value is -1.28. The van der Waals surface area contributed by atoms with Crippen molar-refractivity contribution in [2.75, 3.05) is 40.9 Å². The number of likely N-dealkylation sites (N-methyl/N-ethyl adjacent to an activating group) is 1. The van der Waals surface area contributed by atoms with Gasteiger partial charge in [-0.05, 0) is 51.4 Å². The molecule has 0 aliphatic rings. The number of rotatable bonds is 39. The Labute approximate surface area is 327 Å². The smallest absolute Gasteiger partial charge is 0.268 e. The van der Waals surface area contributed by atoms with E-state index in [1.807, 2.05) is 21.1 Å². The number of unbranched alkanes of at least 4 members (excludes halogenated alkanes) is 20. The van der Waals surface area contributed by atoms with Crippen molar-refractivity contribution < 1.29 is 32.9 Å². The molecule has 0 heterocycles. The highest BCUT2D eigenvalue weighted by atomic mass is 31.2. The molecule has 3 atom stereocenters. The Kier molecular flexibility index (Phi) is 35.5. The van der Waals surface area contributed by atoms with Crippen LogP contribution in [0.4, 0.5) is 0 Å². The van der Waals surface area contributed by atoms with Gasteiger partial charge >= 0.3 is 0 Å². The molecule has 53 heavy (non-hydrogen) atoms. The second kappa shape index (κ2) is 36.4. The van der Waals surface area contributed by atoms with Crippen molar-refractivity contribution in [1.29, 1.82) is 0 Å². The van der Waals surface area contributed by atoms with Gasteiger partial charge in [0.1, 0.15) is 13.2 Å². The third-order valence-electron chi connectivity index (χ3n) is 9.63. The zero-order valence-electron chi connectivity index (χ0n) is 35.2. The van der Waals surface area contributed by atoms with E-state index in [1.54, 1.807) is 0 Å². The van der Waals surface area contributed by atoms with Gasteiger partial charge in [0.05, 0.1) is 39.9 Å². The zero-order chi connectivity index (χ0) is 39.3. The zero-order valence-corrected chi connectivity index (χ0v) is 36.1. The number of carbonyl (C=O) groups is 1. The number of nitrogens with one attached hydrogen (secondary N) is 1. The summed E-state index contributed by atoms with van der Waals surface area (Å²) < 4.78 is 23.2. The highest BCUT2D eigenvalue weighted by Gasteiger charge is 2.24. The number of aliphatic hydroxyl groups is 1. The van der Waals surface area contributed by atoms with Crippen LogP contribution in [0.2, 0.25) is 0 Å². The van der Waals surface area contributed by atoms with Gasteiger partial charge in [-0.1, -0.05) is 166 Å². The Morgan fingerprint density at radius 1 is 0.660 bits per heavy atom. The van der Waals surface area contributed by atoms with Crippen LogP contribution in [0.3, 0.4) is 0 Å². The van der Waals surface area contributed by atoms with Gasteiger partial charge in [-0.15, -0.1) is 0 Å². The fourth-order valence-corrected chi connectivity index (χ4v) is 6.83. The molecule has 0 aromatic rings. The molecule has 2 N–H and O–H groups in total. The molecule has 0 saturated carbocycles. The van der Waals surface area contributed by atoms with Gasteiger partial charge in [0.15, 0.2) is 0 Å². The third-order valence-corrected chi connectivity index (χ3v) is 10.6. The summed E-state index contributed by atoms with van der Waals surface area (Å²) in [5.41, 5.74) is 0. The molecule has 0 aliphatic heterocycles. The topological polar surface area (TPSA) is 108 Å². The molecule has 312 valence electrons. The first-order valence-electron chi connectivity index (χ1n) is 21.8. The van der Waals surface area contributed by atoms with Crippen LogP contribution in [0.15, 0.2) is 36.5 Å². The summed E-state index contributed by atoms with van der Waals surface area (Å²) in [6, 6.07) is -0.805. The molecule has 3 unspecified atom stereocenters. The molecule has 0 rings (SSSR count). The van der Waals surface area contributed by atoms with Crippen LogP contribution < -0.4 is 10.2 Å². The average molecular weight is 769 g/mol. The average Bonchev–Trinajstić information content (AvgIpc) is 3.10. The van der Waals surface area contributed by atoms with E-state index in [4.69, 9.17) is 9.05 Å². The number of carbonyl (C=O) groups excluding carboxylic acids is 1. The van der Waals surface area contributed by atoms with Crippen molar-refractivity contribution in [3.05, 3.63) is 36.5 Å². The Morgan fingerprint density at radius 2 is 1.09 bits per heavy atom. The fraction of sp³-hybridized carbons (Fsp3) is 0.841. The van der Waals surface area contributed by atoms with Crippen molar-refractivity contribution in [2.24, 2.45) is 0 Å². The minimum Gasteiger partial charge on any atom is -0.756 e. The summed E-state index contributed by atoms with van der Waals surface area (Å²) in [5, 5.41) is 13.9. The molecule has 0 radical (unpaired) electrons. The number of phosphoric acid groups is 1. The predicted molar refractivity (Wildman–Crippen MR) is 224 cm³/mol. The quantitative estimate of drug-likeness (QED) is 0.0279. The molecule has 8 nitrogen and oxygen atoms in total. The van der Waals surface area contributed by atoms with Crippen LogP contribution in [0.1, 0.15) is 187 Å². The Balaban J connectivity index is 4.38. The number of aliphatic hydroxyl groups excluding tert-OH is 1. The van der Waals surface area contributed by atoms with Crippen LogP contribution in [0, 0.1) is 0 Å². The van der Waals surface area contributed by atoms with E-state index in [-0.39, 0.29) is 19.1 Å². The maximum atomic E-state index is 12.8.